The first-order chi connectivity index (χ1) is 6.29. The second-order valence-corrected chi connectivity index (χ2v) is 4.02. The second-order valence-electron chi connectivity index (χ2n) is 3.16. The summed E-state index contributed by atoms with van der Waals surface area (Å²) in [4.78, 5) is 4.29. The summed E-state index contributed by atoms with van der Waals surface area (Å²) in [5.74, 6) is 0. The Bertz CT molecular complexity index is 358. The average Bonchev–Trinajstić information content (AvgIpc) is 2.36. The first-order valence-corrected chi connectivity index (χ1v) is 5.12. The number of hydrogen-bond acceptors (Lipinski definition) is 2. The number of nitrogen functional groups attached to an aromatic ring is 1. The molecule has 0 aromatic heterocycles. The summed E-state index contributed by atoms with van der Waals surface area (Å²) in [6.07, 6.45) is 4.05. The Morgan fingerprint density at radius 1 is 1.38 bits per heavy atom. The van der Waals surface area contributed by atoms with Gasteiger partial charge in [-0.2, -0.15) is 0 Å². The number of nitrogens with two attached hydrogens (primary N) is 1. The fourth-order valence-corrected chi connectivity index (χ4v) is 1.94. The average molecular weight is 239 g/mol. The smallest absolute Gasteiger partial charge is 0.0659 e. The van der Waals surface area contributed by atoms with Crippen molar-refractivity contribution in [2.24, 2.45) is 4.99 Å². The van der Waals surface area contributed by atoms with E-state index in [-0.39, 0.29) is 0 Å². The largest absolute Gasteiger partial charge is 0.398 e. The predicted molar refractivity (Wildman–Crippen MR) is 59.1 cm³/mol. The van der Waals surface area contributed by atoms with Gasteiger partial charge in [0.25, 0.3) is 0 Å². The van der Waals surface area contributed by atoms with Crippen molar-refractivity contribution in [1.29, 1.82) is 0 Å². The molecule has 1 aromatic carbocycles. The molecular weight excluding hydrogens is 228 g/mol. The van der Waals surface area contributed by atoms with Gasteiger partial charge in [0.2, 0.25) is 0 Å². The van der Waals surface area contributed by atoms with Crippen LogP contribution in [-0.2, 0) is 13.0 Å². The van der Waals surface area contributed by atoms with E-state index in [2.05, 4.69) is 27.0 Å². The normalized spacial score (nSPS) is 15.2. The Labute approximate surface area is 86.0 Å². The first kappa shape index (κ1) is 8.75. The van der Waals surface area contributed by atoms with E-state index < -0.39 is 0 Å². The fourth-order valence-electron chi connectivity index (χ4n) is 1.57. The molecule has 1 heterocycles. The van der Waals surface area contributed by atoms with E-state index in [1.54, 1.807) is 0 Å². The van der Waals surface area contributed by atoms with Gasteiger partial charge in [0, 0.05) is 10.0 Å². The van der Waals surface area contributed by atoms with Crippen molar-refractivity contribution in [2.75, 3.05) is 5.73 Å². The van der Waals surface area contributed by atoms with Crippen molar-refractivity contribution in [2.45, 2.75) is 19.4 Å². The summed E-state index contributed by atoms with van der Waals surface area (Å²) in [6, 6.07) is 4.14. The molecule has 2 nitrogen and oxygen atoms in total. The number of anilines is 1. The van der Waals surface area contributed by atoms with E-state index in [0.29, 0.717) is 0 Å². The van der Waals surface area contributed by atoms with Gasteiger partial charge in [0.05, 0.1) is 12.2 Å². The number of hydrogen-bond donors (Lipinski definition) is 1. The molecule has 0 amide bonds. The standard InChI is InChI=1S/C10H11BrN2/c11-9-4-3-7-2-1-5-13-6-8(7)10(9)12/h3-5H,1-2,6,12H2. The quantitative estimate of drug-likeness (QED) is 0.694. The third-order valence-corrected chi connectivity index (χ3v) is 3.01. The number of rotatable bonds is 0. The Kier molecular flexibility index (Phi) is 2.36. The van der Waals surface area contributed by atoms with Crippen molar-refractivity contribution in [3.63, 3.8) is 0 Å². The molecule has 0 unspecified atom stereocenters. The van der Waals surface area contributed by atoms with Crippen molar-refractivity contribution >= 4 is 27.8 Å². The van der Waals surface area contributed by atoms with Crippen LogP contribution < -0.4 is 5.73 Å². The van der Waals surface area contributed by atoms with Crippen LogP contribution in [0, 0.1) is 0 Å². The highest BCUT2D eigenvalue weighted by Gasteiger charge is 2.10. The summed E-state index contributed by atoms with van der Waals surface area (Å²) in [7, 11) is 0. The number of halogens is 1. The molecule has 0 spiro atoms. The highest BCUT2D eigenvalue weighted by Crippen LogP contribution is 2.28. The van der Waals surface area contributed by atoms with E-state index in [1.165, 1.54) is 11.1 Å². The molecular formula is C10H11BrN2. The Morgan fingerprint density at radius 3 is 3.08 bits per heavy atom. The van der Waals surface area contributed by atoms with Crippen LogP contribution >= 0.6 is 15.9 Å². The molecule has 0 bridgehead atoms. The van der Waals surface area contributed by atoms with Gasteiger partial charge < -0.3 is 5.73 Å². The number of fused-ring (bicyclic) bond motifs is 1. The van der Waals surface area contributed by atoms with Crippen LogP contribution in [0.1, 0.15) is 17.5 Å². The van der Waals surface area contributed by atoms with Gasteiger partial charge in [0.15, 0.2) is 0 Å². The van der Waals surface area contributed by atoms with Crippen molar-refractivity contribution in [3.8, 4) is 0 Å². The van der Waals surface area contributed by atoms with Gasteiger partial charge in [-0.3, -0.25) is 4.99 Å². The zero-order valence-corrected chi connectivity index (χ0v) is 8.84. The maximum atomic E-state index is 5.95. The lowest BCUT2D eigenvalue weighted by Crippen LogP contribution is -1.98. The minimum absolute atomic E-state index is 0.723. The molecule has 1 aromatic rings. The topological polar surface area (TPSA) is 38.4 Å². The maximum Gasteiger partial charge on any atom is 0.0659 e. The minimum Gasteiger partial charge on any atom is -0.398 e. The van der Waals surface area contributed by atoms with Crippen molar-refractivity contribution in [3.05, 3.63) is 27.7 Å². The molecule has 3 heteroatoms. The maximum absolute atomic E-state index is 5.95. The highest BCUT2D eigenvalue weighted by atomic mass is 79.9. The summed E-state index contributed by atoms with van der Waals surface area (Å²) in [6.45, 7) is 0.723. The predicted octanol–water partition coefficient (Wildman–Crippen LogP) is 2.55. The number of aryl methyl sites for hydroxylation is 1. The third kappa shape index (κ3) is 1.61. The molecule has 2 rings (SSSR count). The lowest BCUT2D eigenvalue weighted by atomic mass is 10.0. The summed E-state index contributed by atoms with van der Waals surface area (Å²) >= 11 is 3.42. The molecule has 0 saturated carbocycles. The van der Waals surface area contributed by atoms with Crippen LogP contribution in [-0.4, -0.2) is 6.21 Å². The lowest BCUT2D eigenvalue weighted by molar-refractivity contribution is 1.03. The summed E-state index contributed by atoms with van der Waals surface area (Å²) in [5.41, 5.74) is 9.31. The Balaban J connectivity index is 2.53. The Hall–Kier alpha value is -0.830. The second kappa shape index (κ2) is 3.50. The van der Waals surface area contributed by atoms with Crippen molar-refractivity contribution in [1.82, 2.24) is 0 Å². The zero-order chi connectivity index (χ0) is 9.26. The van der Waals surface area contributed by atoms with E-state index in [0.717, 1.165) is 29.5 Å². The molecule has 0 fully saturated rings. The van der Waals surface area contributed by atoms with E-state index >= 15 is 0 Å². The molecule has 1 aliphatic rings. The molecule has 68 valence electrons. The van der Waals surface area contributed by atoms with Crippen molar-refractivity contribution < 1.29 is 0 Å². The minimum atomic E-state index is 0.723. The molecule has 0 aliphatic carbocycles. The van der Waals surface area contributed by atoms with E-state index in [9.17, 15) is 0 Å². The SMILES string of the molecule is Nc1c(Br)ccc2c1CN=CCC2. The summed E-state index contributed by atoms with van der Waals surface area (Å²) < 4.78 is 0.975. The Morgan fingerprint density at radius 2 is 2.23 bits per heavy atom. The number of nitrogens with zero attached hydrogens (tertiary/aromatic N) is 1. The number of benzene rings is 1. The highest BCUT2D eigenvalue weighted by molar-refractivity contribution is 9.10. The number of aliphatic imine (C=N–C) groups is 1. The van der Waals surface area contributed by atoms with E-state index in [1.807, 2.05) is 12.3 Å². The fraction of sp³-hybridized carbons (Fsp3) is 0.300. The van der Waals surface area contributed by atoms with Crippen LogP contribution in [0.15, 0.2) is 21.6 Å². The van der Waals surface area contributed by atoms with Crippen LogP contribution in [0.4, 0.5) is 5.69 Å². The van der Waals surface area contributed by atoms with Crippen LogP contribution in [0.2, 0.25) is 0 Å². The van der Waals surface area contributed by atoms with Gasteiger partial charge in [-0.25, -0.2) is 0 Å². The molecule has 0 saturated heterocycles. The molecule has 13 heavy (non-hydrogen) atoms. The van der Waals surface area contributed by atoms with Gasteiger partial charge >= 0.3 is 0 Å². The molecule has 0 atom stereocenters. The van der Waals surface area contributed by atoms with Gasteiger partial charge in [0.1, 0.15) is 0 Å². The van der Waals surface area contributed by atoms with E-state index in [4.69, 9.17) is 5.73 Å². The lowest BCUT2D eigenvalue weighted by Gasteiger charge is -2.09. The zero-order valence-electron chi connectivity index (χ0n) is 7.26. The van der Waals surface area contributed by atoms with Crippen LogP contribution in [0.5, 0.6) is 0 Å². The van der Waals surface area contributed by atoms with Gasteiger partial charge in [-0.15, -0.1) is 0 Å². The third-order valence-electron chi connectivity index (χ3n) is 2.32. The first-order valence-electron chi connectivity index (χ1n) is 4.33. The summed E-state index contributed by atoms with van der Waals surface area (Å²) in [5, 5.41) is 0. The van der Waals surface area contributed by atoms with Gasteiger partial charge in [-0.1, -0.05) is 6.07 Å². The molecule has 0 radical (unpaired) electrons. The molecule has 1 aliphatic heterocycles. The monoisotopic (exact) mass is 238 g/mol. The molecule has 2 N–H and O–H groups in total. The van der Waals surface area contributed by atoms with Crippen LogP contribution in [0.25, 0.3) is 0 Å². The van der Waals surface area contributed by atoms with Crippen LogP contribution in [0.3, 0.4) is 0 Å². The van der Waals surface area contributed by atoms with Gasteiger partial charge in [-0.05, 0) is 46.6 Å².